The van der Waals surface area contributed by atoms with Crippen molar-refractivity contribution in [1.29, 1.82) is 0 Å². The predicted molar refractivity (Wildman–Crippen MR) is 69.3 cm³/mol. The van der Waals surface area contributed by atoms with E-state index in [1.807, 2.05) is 0 Å². The van der Waals surface area contributed by atoms with Crippen molar-refractivity contribution >= 4 is 11.6 Å². The Morgan fingerprint density at radius 1 is 1.22 bits per heavy atom. The summed E-state index contributed by atoms with van der Waals surface area (Å²) in [6, 6.07) is 5.14. The number of fused-ring (bicyclic) bond motifs is 1. The number of Topliss-reactive ketones (excluding diaryl/α,β-unsaturated/α-hetero) is 1. The van der Waals surface area contributed by atoms with E-state index in [4.69, 9.17) is 4.74 Å². The van der Waals surface area contributed by atoms with Crippen LogP contribution in [0.2, 0.25) is 0 Å². The first-order valence-electron chi connectivity index (χ1n) is 6.15. The molecule has 0 radical (unpaired) electrons. The molecule has 1 aliphatic rings. The molecule has 1 aromatic carbocycles. The molecule has 0 bridgehead atoms. The van der Waals surface area contributed by atoms with Crippen molar-refractivity contribution in [1.82, 2.24) is 0 Å². The number of unbranched alkanes of at least 4 members (excludes halogenated alkanes) is 1. The number of benzene rings is 1. The smallest absolute Gasteiger partial charge is 0.190 e. The van der Waals surface area contributed by atoms with Gasteiger partial charge < -0.3 is 4.74 Å². The molecule has 0 aliphatic heterocycles. The lowest BCUT2D eigenvalue weighted by atomic mass is 9.87. The third kappa shape index (κ3) is 2.08. The zero-order chi connectivity index (χ0) is 13.1. The zero-order valence-corrected chi connectivity index (χ0v) is 10.7. The van der Waals surface area contributed by atoms with E-state index in [-0.39, 0.29) is 11.6 Å². The summed E-state index contributed by atoms with van der Waals surface area (Å²) < 4.78 is 5.15. The second kappa shape index (κ2) is 5.17. The molecule has 0 aromatic heterocycles. The molecule has 3 heteroatoms. The summed E-state index contributed by atoms with van der Waals surface area (Å²) in [7, 11) is 1.50. The summed E-state index contributed by atoms with van der Waals surface area (Å²) in [6.07, 6.45) is 4.05. The summed E-state index contributed by atoms with van der Waals surface area (Å²) in [5, 5.41) is 0. The molecular formula is C15H16O3. The second-order valence-corrected chi connectivity index (χ2v) is 4.35. The standard InChI is InChI=1S/C15H16O3/c1-3-4-6-10-9-12(16)14-11(15(10)17)7-5-8-13(14)18-2/h5,7-9H,3-4,6H2,1-2H3. The molecule has 0 fully saturated rings. The van der Waals surface area contributed by atoms with Gasteiger partial charge in [-0.05, 0) is 25.0 Å². The molecule has 0 saturated heterocycles. The lowest BCUT2D eigenvalue weighted by Crippen LogP contribution is -2.18. The van der Waals surface area contributed by atoms with E-state index in [0.717, 1.165) is 12.8 Å². The summed E-state index contributed by atoms with van der Waals surface area (Å²) >= 11 is 0. The molecule has 2 rings (SSSR count). The molecule has 1 aromatic rings. The third-order valence-corrected chi connectivity index (χ3v) is 3.13. The minimum Gasteiger partial charge on any atom is -0.496 e. The topological polar surface area (TPSA) is 43.4 Å². The lowest BCUT2D eigenvalue weighted by Gasteiger charge is -2.17. The van der Waals surface area contributed by atoms with Crippen LogP contribution in [0.25, 0.3) is 0 Å². The fourth-order valence-electron chi connectivity index (χ4n) is 2.17. The average molecular weight is 244 g/mol. The third-order valence-electron chi connectivity index (χ3n) is 3.13. The van der Waals surface area contributed by atoms with Gasteiger partial charge in [0.05, 0.1) is 12.7 Å². The van der Waals surface area contributed by atoms with Gasteiger partial charge in [-0.3, -0.25) is 9.59 Å². The first-order chi connectivity index (χ1) is 8.69. The van der Waals surface area contributed by atoms with E-state index in [1.54, 1.807) is 18.2 Å². The summed E-state index contributed by atoms with van der Waals surface area (Å²) in [5.41, 5.74) is 1.47. The van der Waals surface area contributed by atoms with Crippen LogP contribution in [0.15, 0.2) is 29.8 Å². The number of ketones is 2. The van der Waals surface area contributed by atoms with E-state index < -0.39 is 0 Å². The van der Waals surface area contributed by atoms with Crippen molar-refractivity contribution in [2.45, 2.75) is 26.2 Å². The first kappa shape index (κ1) is 12.6. The van der Waals surface area contributed by atoms with Gasteiger partial charge in [0.1, 0.15) is 5.75 Å². The maximum Gasteiger partial charge on any atom is 0.190 e. The van der Waals surface area contributed by atoms with Crippen molar-refractivity contribution < 1.29 is 14.3 Å². The molecule has 1 aliphatic carbocycles. The van der Waals surface area contributed by atoms with Crippen LogP contribution in [0.3, 0.4) is 0 Å². The first-order valence-corrected chi connectivity index (χ1v) is 6.15. The highest BCUT2D eigenvalue weighted by Gasteiger charge is 2.27. The average Bonchev–Trinajstić information content (AvgIpc) is 2.40. The Bertz CT molecular complexity index is 527. The molecule has 0 saturated carbocycles. The van der Waals surface area contributed by atoms with Crippen LogP contribution in [0.4, 0.5) is 0 Å². The van der Waals surface area contributed by atoms with Crippen molar-refractivity contribution in [3.63, 3.8) is 0 Å². The highest BCUT2D eigenvalue weighted by Crippen LogP contribution is 2.30. The summed E-state index contributed by atoms with van der Waals surface area (Å²) in [4.78, 5) is 24.3. The Morgan fingerprint density at radius 2 is 2.00 bits per heavy atom. The molecular weight excluding hydrogens is 228 g/mol. The normalized spacial score (nSPS) is 14.2. The summed E-state index contributed by atoms with van der Waals surface area (Å²) in [6.45, 7) is 2.06. The van der Waals surface area contributed by atoms with Crippen LogP contribution < -0.4 is 4.74 Å². The number of carbonyl (C=O) groups excluding carboxylic acids is 2. The van der Waals surface area contributed by atoms with Crippen LogP contribution in [-0.2, 0) is 0 Å². The highest BCUT2D eigenvalue weighted by atomic mass is 16.5. The molecule has 94 valence electrons. The fraction of sp³-hybridized carbons (Fsp3) is 0.333. The molecule has 0 unspecified atom stereocenters. The van der Waals surface area contributed by atoms with Gasteiger partial charge >= 0.3 is 0 Å². The maximum absolute atomic E-state index is 12.3. The second-order valence-electron chi connectivity index (χ2n) is 4.35. The van der Waals surface area contributed by atoms with Crippen LogP contribution in [0.1, 0.15) is 46.9 Å². The highest BCUT2D eigenvalue weighted by molar-refractivity contribution is 6.25. The van der Waals surface area contributed by atoms with Gasteiger partial charge in [0.15, 0.2) is 11.6 Å². The fourth-order valence-corrected chi connectivity index (χ4v) is 2.17. The molecule has 0 atom stereocenters. The van der Waals surface area contributed by atoms with Gasteiger partial charge in [-0.25, -0.2) is 0 Å². The molecule has 18 heavy (non-hydrogen) atoms. The number of carbonyl (C=O) groups is 2. The van der Waals surface area contributed by atoms with E-state index in [2.05, 4.69) is 6.92 Å². The van der Waals surface area contributed by atoms with Gasteiger partial charge in [-0.2, -0.15) is 0 Å². The van der Waals surface area contributed by atoms with Crippen molar-refractivity contribution in [3.05, 3.63) is 41.0 Å². The number of methoxy groups -OCH3 is 1. The lowest BCUT2D eigenvalue weighted by molar-refractivity contribution is 0.0979. The molecule has 0 N–H and O–H groups in total. The van der Waals surface area contributed by atoms with E-state index in [1.165, 1.54) is 13.2 Å². The Kier molecular flexibility index (Phi) is 3.60. The van der Waals surface area contributed by atoms with Crippen LogP contribution in [-0.4, -0.2) is 18.7 Å². The van der Waals surface area contributed by atoms with E-state index >= 15 is 0 Å². The minimum atomic E-state index is -0.131. The van der Waals surface area contributed by atoms with Gasteiger partial charge in [-0.15, -0.1) is 0 Å². The number of hydrogen-bond donors (Lipinski definition) is 0. The Labute approximate surface area is 106 Å². The predicted octanol–water partition coefficient (Wildman–Crippen LogP) is 3.19. The SMILES string of the molecule is CCCCC1=CC(=O)c2c(OC)cccc2C1=O. The molecule has 0 heterocycles. The molecule has 0 spiro atoms. The van der Waals surface area contributed by atoms with E-state index in [9.17, 15) is 9.59 Å². The van der Waals surface area contributed by atoms with Crippen LogP contribution >= 0.6 is 0 Å². The molecule has 3 nitrogen and oxygen atoms in total. The Morgan fingerprint density at radius 3 is 2.67 bits per heavy atom. The van der Waals surface area contributed by atoms with Crippen molar-refractivity contribution in [2.24, 2.45) is 0 Å². The quantitative estimate of drug-likeness (QED) is 0.817. The van der Waals surface area contributed by atoms with Gasteiger partial charge in [-0.1, -0.05) is 25.5 Å². The zero-order valence-electron chi connectivity index (χ0n) is 10.7. The Hall–Kier alpha value is -1.90. The van der Waals surface area contributed by atoms with Crippen molar-refractivity contribution in [2.75, 3.05) is 7.11 Å². The van der Waals surface area contributed by atoms with Crippen LogP contribution in [0.5, 0.6) is 5.75 Å². The van der Waals surface area contributed by atoms with Gasteiger partial charge in [0.2, 0.25) is 0 Å². The van der Waals surface area contributed by atoms with Gasteiger partial charge in [0.25, 0.3) is 0 Å². The molecule has 0 amide bonds. The number of hydrogen-bond acceptors (Lipinski definition) is 3. The Balaban J connectivity index is 2.44. The van der Waals surface area contributed by atoms with Crippen molar-refractivity contribution in [3.8, 4) is 5.75 Å². The minimum absolute atomic E-state index is 0.0445. The number of allylic oxidation sites excluding steroid dienone is 2. The van der Waals surface area contributed by atoms with Gasteiger partial charge in [0, 0.05) is 11.1 Å². The maximum atomic E-state index is 12.3. The van der Waals surface area contributed by atoms with Crippen LogP contribution in [0, 0.1) is 0 Å². The summed E-state index contributed by atoms with van der Waals surface area (Å²) in [5.74, 6) is 0.293. The number of ether oxygens (including phenoxy) is 1. The van der Waals surface area contributed by atoms with E-state index in [0.29, 0.717) is 28.9 Å². The monoisotopic (exact) mass is 244 g/mol. The largest absolute Gasteiger partial charge is 0.496 e. The number of rotatable bonds is 4.